The van der Waals surface area contributed by atoms with Crippen LogP contribution in [0.2, 0.25) is 0 Å². The number of nitrogens with zero attached hydrogens (tertiary/aromatic N) is 5. The molecule has 0 saturated carbocycles. The SMILES string of the molecule is CC(=O)N(C)CCN(C)c1cncc(Oc2ccc(-c3ccc(C)cn3)cc2)n1. The lowest BCUT2D eigenvalue weighted by atomic mass is 10.1. The monoisotopic (exact) mass is 391 g/mol. The van der Waals surface area contributed by atoms with Crippen LogP contribution in [0, 0.1) is 6.92 Å². The maximum absolute atomic E-state index is 11.3. The molecule has 3 rings (SSSR count). The van der Waals surface area contributed by atoms with E-state index in [2.05, 4.69) is 15.0 Å². The highest BCUT2D eigenvalue weighted by Gasteiger charge is 2.09. The average molecular weight is 391 g/mol. The first-order valence-electron chi connectivity index (χ1n) is 9.38. The minimum absolute atomic E-state index is 0.0332. The summed E-state index contributed by atoms with van der Waals surface area (Å²) in [5, 5.41) is 0. The van der Waals surface area contributed by atoms with Crippen molar-refractivity contribution in [1.82, 2.24) is 19.9 Å². The molecule has 7 nitrogen and oxygen atoms in total. The first-order chi connectivity index (χ1) is 13.9. The van der Waals surface area contributed by atoms with Crippen LogP contribution in [0.15, 0.2) is 55.0 Å². The van der Waals surface area contributed by atoms with Crippen molar-refractivity contribution in [1.29, 1.82) is 0 Å². The van der Waals surface area contributed by atoms with Crippen molar-refractivity contribution >= 4 is 11.7 Å². The van der Waals surface area contributed by atoms with Crippen molar-refractivity contribution in [3.63, 3.8) is 0 Å². The lowest BCUT2D eigenvalue weighted by Crippen LogP contribution is -2.33. The third-order valence-electron chi connectivity index (χ3n) is 4.58. The summed E-state index contributed by atoms with van der Waals surface area (Å²) in [7, 11) is 3.68. The molecule has 0 spiro atoms. The van der Waals surface area contributed by atoms with Gasteiger partial charge in [0, 0.05) is 45.9 Å². The molecule has 7 heteroatoms. The first kappa shape index (κ1) is 20.3. The van der Waals surface area contributed by atoms with Crippen LogP contribution >= 0.6 is 0 Å². The Morgan fingerprint density at radius 3 is 2.41 bits per heavy atom. The number of aryl methyl sites for hydroxylation is 1. The van der Waals surface area contributed by atoms with Crippen LogP contribution in [0.4, 0.5) is 5.82 Å². The fourth-order valence-electron chi connectivity index (χ4n) is 2.60. The molecule has 0 N–H and O–H groups in total. The van der Waals surface area contributed by atoms with E-state index in [4.69, 9.17) is 4.74 Å². The Balaban J connectivity index is 1.65. The number of ether oxygens (including phenoxy) is 1. The molecule has 3 aromatic rings. The van der Waals surface area contributed by atoms with Gasteiger partial charge in [0.05, 0.1) is 18.1 Å². The molecule has 0 aliphatic rings. The van der Waals surface area contributed by atoms with Crippen LogP contribution in [-0.4, -0.2) is 52.9 Å². The number of rotatable bonds is 7. The van der Waals surface area contributed by atoms with E-state index in [1.165, 1.54) is 0 Å². The molecule has 1 amide bonds. The lowest BCUT2D eigenvalue weighted by Gasteiger charge is -2.22. The van der Waals surface area contributed by atoms with Crippen molar-refractivity contribution in [2.24, 2.45) is 0 Å². The summed E-state index contributed by atoms with van der Waals surface area (Å²) < 4.78 is 5.86. The number of amides is 1. The van der Waals surface area contributed by atoms with Gasteiger partial charge in [-0.25, -0.2) is 0 Å². The second-order valence-corrected chi connectivity index (χ2v) is 6.92. The van der Waals surface area contributed by atoms with Gasteiger partial charge in [-0.15, -0.1) is 0 Å². The normalized spacial score (nSPS) is 10.5. The molecule has 2 aromatic heterocycles. The zero-order valence-electron chi connectivity index (χ0n) is 17.2. The molecule has 0 aliphatic heterocycles. The van der Waals surface area contributed by atoms with Crippen molar-refractivity contribution in [3.8, 4) is 22.9 Å². The summed E-state index contributed by atoms with van der Waals surface area (Å²) in [5.74, 6) is 1.80. The van der Waals surface area contributed by atoms with E-state index >= 15 is 0 Å². The molecule has 0 radical (unpaired) electrons. The van der Waals surface area contributed by atoms with Gasteiger partial charge in [-0.1, -0.05) is 6.07 Å². The lowest BCUT2D eigenvalue weighted by molar-refractivity contribution is -0.127. The molecule has 2 heterocycles. The standard InChI is InChI=1S/C22H25N5O2/c1-16-5-10-20(24-13-16)18-6-8-19(9-7-18)29-22-15-23-14-21(25-22)27(4)12-11-26(3)17(2)28/h5-10,13-15H,11-12H2,1-4H3. The van der Waals surface area contributed by atoms with Gasteiger partial charge < -0.3 is 14.5 Å². The van der Waals surface area contributed by atoms with Crippen LogP contribution < -0.4 is 9.64 Å². The Labute approximate surface area is 171 Å². The van der Waals surface area contributed by atoms with Gasteiger partial charge in [0.25, 0.3) is 0 Å². The molecule has 0 aliphatic carbocycles. The molecule has 150 valence electrons. The summed E-state index contributed by atoms with van der Waals surface area (Å²) in [5.41, 5.74) is 3.07. The van der Waals surface area contributed by atoms with Gasteiger partial charge in [0.1, 0.15) is 5.75 Å². The second kappa shape index (κ2) is 9.14. The number of benzene rings is 1. The van der Waals surface area contributed by atoms with E-state index in [9.17, 15) is 4.79 Å². The van der Waals surface area contributed by atoms with Gasteiger partial charge in [0.15, 0.2) is 5.82 Å². The maximum atomic E-state index is 11.3. The van der Waals surface area contributed by atoms with Crippen molar-refractivity contribution < 1.29 is 9.53 Å². The van der Waals surface area contributed by atoms with E-state index in [1.807, 2.05) is 61.5 Å². The highest BCUT2D eigenvalue weighted by Crippen LogP contribution is 2.24. The zero-order valence-corrected chi connectivity index (χ0v) is 17.2. The molecule has 1 aromatic carbocycles. The molecule has 0 unspecified atom stereocenters. The van der Waals surface area contributed by atoms with E-state index in [-0.39, 0.29) is 5.91 Å². The predicted molar refractivity (Wildman–Crippen MR) is 113 cm³/mol. The van der Waals surface area contributed by atoms with Crippen molar-refractivity contribution in [2.45, 2.75) is 13.8 Å². The largest absolute Gasteiger partial charge is 0.437 e. The Hall–Kier alpha value is -3.48. The van der Waals surface area contributed by atoms with Crippen molar-refractivity contribution in [2.75, 3.05) is 32.1 Å². The Bertz CT molecular complexity index is 958. The number of likely N-dealkylation sites (N-methyl/N-ethyl adjacent to an activating group) is 2. The van der Waals surface area contributed by atoms with Crippen molar-refractivity contribution in [3.05, 3.63) is 60.6 Å². The number of carbonyl (C=O) groups excluding carboxylic acids is 1. The molecule has 0 saturated heterocycles. The van der Waals surface area contributed by atoms with E-state index in [0.29, 0.717) is 30.5 Å². The minimum Gasteiger partial charge on any atom is -0.437 e. The van der Waals surface area contributed by atoms with Crippen LogP contribution in [0.25, 0.3) is 11.3 Å². The highest BCUT2D eigenvalue weighted by atomic mass is 16.5. The van der Waals surface area contributed by atoms with Gasteiger partial charge in [-0.3, -0.25) is 14.8 Å². The maximum Gasteiger partial charge on any atom is 0.239 e. The zero-order chi connectivity index (χ0) is 20.8. The third kappa shape index (κ3) is 5.51. The summed E-state index contributed by atoms with van der Waals surface area (Å²) in [6.07, 6.45) is 5.10. The predicted octanol–water partition coefficient (Wildman–Crippen LogP) is 3.55. The third-order valence-corrected chi connectivity index (χ3v) is 4.58. The van der Waals surface area contributed by atoms with Gasteiger partial charge in [-0.05, 0) is 42.8 Å². The average Bonchev–Trinajstić information content (AvgIpc) is 2.73. The molecule has 0 bridgehead atoms. The quantitative estimate of drug-likeness (QED) is 0.613. The van der Waals surface area contributed by atoms with Gasteiger partial charge >= 0.3 is 0 Å². The Morgan fingerprint density at radius 1 is 1.00 bits per heavy atom. The summed E-state index contributed by atoms with van der Waals surface area (Å²) >= 11 is 0. The molecule has 0 fully saturated rings. The minimum atomic E-state index is 0.0332. The van der Waals surface area contributed by atoms with Crippen LogP contribution in [-0.2, 0) is 4.79 Å². The number of aromatic nitrogens is 3. The molecule has 29 heavy (non-hydrogen) atoms. The summed E-state index contributed by atoms with van der Waals surface area (Å²) in [6, 6.07) is 11.7. The number of pyridine rings is 1. The molecule has 0 atom stereocenters. The van der Waals surface area contributed by atoms with Gasteiger partial charge in [0.2, 0.25) is 11.8 Å². The number of carbonyl (C=O) groups is 1. The molecular formula is C22H25N5O2. The fraction of sp³-hybridized carbons (Fsp3) is 0.273. The number of anilines is 1. The van der Waals surface area contributed by atoms with Crippen LogP contribution in [0.5, 0.6) is 11.6 Å². The Kier molecular flexibility index (Phi) is 6.39. The second-order valence-electron chi connectivity index (χ2n) is 6.92. The number of hydrogen-bond acceptors (Lipinski definition) is 6. The fourth-order valence-corrected chi connectivity index (χ4v) is 2.60. The van der Waals surface area contributed by atoms with Gasteiger partial charge in [-0.2, -0.15) is 4.98 Å². The summed E-state index contributed by atoms with van der Waals surface area (Å²) in [6.45, 7) is 4.82. The topological polar surface area (TPSA) is 71.5 Å². The smallest absolute Gasteiger partial charge is 0.239 e. The van der Waals surface area contributed by atoms with E-state index in [0.717, 1.165) is 16.8 Å². The number of hydrogen-bond donors (Lipinski definition) is 0. The first-order valence-corrected chi connectivity index (χ1v) is 9.38. The molecular weight excluding hydrogens is 366 g/mol. The Morgan fingerprint density at radius 2 is 1.76 bits per heavy atom. The van der Waals surface area contributed by atoms with E-state index in [1.54, 1.807) is 31.3 Å². The van der Waals surface area contributed by atoms with E-state index < -0.39 is 0 Å². The van der Waals surface area contributed by atoms with Crippen LogP contribution in [0.3, 0.4) is 0 Å². The summed E-state index contributed by atoms with van der Waals surface area (Å²) in [4.78, 5) is 28.1. The highest BCUT2D eigenvalue weighted by molar-refractivity contribution is 5.72. The van der Waals surface area contributed by atoms with Crippen LogP contribution in [0.1, 0.15) is 12.5 Å².